The van der Waals surface area contributed by atoms with E-state index in [1.165, 1.54) is 12.4 Å². The van der Waals surface area contributed by atoms with Crippen LogP contribution in [0.25, 0.3) is 0 Å². The molecule has 5 heteroatoms. The van der Waals surface area contributed by atoms with Crippen molar-refractivity contribution in [3.8, 4) is 5.88 Å². The zero-order valence-corrected chi connectivity index (χ0v) is 6.50. The maximum Gasteiger partial charge on any atom is 0.272 e. The van der Waals surface area contributed by atoms with E-state index < -0.39 is 13.0 Å². The van der Waals surface area contributed by atoms with E-state index in [9.17, 15) is 8.78 Å². The molecule has 0 N–H and O–H groups in total. The molecule has 0 saturated carbocycles. The summed E-state index contributed by atoms with van der Waals surface area (Å²) in [6, 6.07) is 0. The summed E-state index contributed by atoms with van der Waals surface area (Å²) >= 11 is 0. The van der Waals surface area contributed by atoms with Crippen molar-refractivity contribution in [3.63, 3.8) is 0 Å². The van der Waals surface area contributed by atoms with Gasteiger partial charge in [-0.2, -0.15) is 0 Å². The highest BCUT2D eigenvalue weighted by atomic mass is 19.3. The molecule has 66 valence electrons. The Balaban J connectivity index is 2.52. The molecule has 12 heavy (non-hydrogen) atoms. The van der Waals surface area contributed by atoms with E-state index in [4.69, 9.17) is 0 Å². The smallest absolute Gasteiger partial charge is 0.272 e. The Morgan fingerprint density at radius 2 is 2.25 bits per heavy atom. The van der Waals surface area contributed by atoms with Gasteiger partial charge < -0.3 is 4.74 Å². The Morgan fingerprint density at radius 3 is 2.83 bits per heavy atom. The van der Waals surface area contributed by atoms with Crippen LogP contribution in [0.15, 0.2) is 12.4 Å². The molecule has 0 unspecified atom stereocenters. The van der Waals surface area contributed by atoms with Gasteiger partial charge in [-0.05, 0) is 6.92 Å². The van der Waals surface area contributed by atoms with Crippen LogP contribution in [0.3, 0.4) is 0 Å². The number of nitrogens with zero attached hydrogens (tertiary/aromatic N) is 2. The van der Waals surface area contributed by atoms with Gasteiger partial charge in [-0.15, -0.1) is 0 Å². The minimum Gasteiger partial charge on any atom is -0.470 e. The van der Waals surface area contributed by atoms with Crippen LogP contribution >= 0.6 is 0 Å². The van der Waals surface area contributed by atoms with E-state index in [0.717, 1.165) is 0 Å². The van der Waals surface area contributed by atoms with Gasteiger partial charge in [0.05, 0.1) is 11.9 Å². The normalized spacial score (nSPS) is 10.3. The van der Waals surface area contributed by atoms with Gasteiger partial charge >= 0.3 is 0 Å². The molecule has 0 radical (unpaired) electrons. The number of rotatable bonds is 3. The highest BCUT2D eigenvalue weighted by Gasteiger charge is 2.03. The Labute approximate surface area is 68.4 Å². The minimum absolute atomic E-state index is 0.135. The lowest BCUT2D eigenvalue weighted by Crippen LogP contribution is -2.08. The molecule has 0 spiro atoms. The first-order chi connectivity index (χ1) is 5.68. The van der Waals surface area contributed by atoms with E-state index in [1.54, 1.807) is 6.92 Å². The molecule has 0 aromatic carbocycles. The first kappa shape index (κ1) is 8.83. The first-order valence-corrected chi connectivity index (χ1v) is 3.38. The van der Waals surface area contributed by atoms with Crippen molar-refractivity contribution in [2.24, 2.45) is 0 Å². The fraction of sp³-hybridized carbons (Fsp3) is 0.429. The highest BCUT2D eigenvalue weighted by Crippen LogP contribution is 2.05. The Hall–Kier alpha value is -1.26. The molecule has 1 aromatic heterocycles. The maximum atomic E-state index is 11.6. The molecule has 1 rings (SSSR count). The van der Waals surface area contributed by atoms with Crippen molar-refractivity contribution >= 4 is 0 Å². The molecule has 0 bridgehead atoms. The molecule has 1 heterocycles. The fourth-order valence-corrected chi connectivity index (χ4v) is 0.658. The highest BCUT2D eigenvalue weighted by molar-refractivity contribution is 5.06. The van der Waals surface area contributed by atoms with E-state index in [-0.39, 0.29) is 5.88 Å². The number of alkyl halides is 2. The van der Waals surface area contributed by atoms with Crippen molar-refractivity contribution < 1.29 is 13.5 Å². The average Bonchev–Trinajstić information content (AvgIpc) is 2.01. The second-order valence-electron chi connectivity index (χ2n) is 2.20. The van der Waals surface area contributed by atoms with Crippen molar-refractivity contribution in [1.82, 2.24) is 9.97 Å². The predicted molar refractivity (Wildman–Crippen MR) is 38.3 cm³/mol. The van der Waals surface area contributed by atoms with E-state index in [0.29, 0.717) is 5.69 Å². The van der Waals surface area contributed by atoms with Gasteiger partial charge in [-0.3, -0.25) is 4.98 Å². The van der Waals surface area contributed by atoms with Crippen LogP contribution in [0.4, 0.5) is 8.78 Å². The summed E-state index contributed by atoms with van der Waals surface area (Å²) in [6.45, 7) is 1.07. The van der Waals surface area contributed by atoms with Crippen molar-refractivity contribution in [3.05, 3.63) is 18.1 Å². The molecule has 1 aromatic rings. The van der Waals surface area contributed by atoms with Crippen LogP contribution in [0, 0.1) is 6.92 Å². The third-order valence-corrected chi connectivity index (χ3v) is 1.09. The topological polar surface area (TPSA) is 35.0 Å². The number of hydrogen-bond donors (Lipinski definition) is 0. The SMILES string of the molecule is Cc1cncc(OCC(F)F)n1. The molecule has 0 aliphatic heterocycles. The largest absolute Gasteiger partial charge is 0.470 e. The summed E-state index contributed by atoms with van der Waals surface area (Å²) < 4.78 is 27.9. The second kappa shape index (κ2) is 3.94. The molecule has 0 fully saturated rings. The van der Waals surface area contributed by atoms with Crippen molar-refractivity contribution in [2.75, 3.05) is 6.61 Å². The third kappa shape index (κ3) is 2.77. The predicted octanol–water partition coefficient (Wildman–Crippen LogP) is 1.43. The van der Waals surface area contributed by atoms with Crippen LogP contribution in [-0.4, -0.2) is 23.0 Å². The summed E-state index contributed by atoms with van der Waals surface area (Å²) in [5, 5.41) is 0. The van der Waals surface area contributed by atoms with Crippen LogP contribution in [0.2, 0.25) is 0 Å². The lowest BCUT2D eigenvalue weighted by Gasteiger charge is -2.03. The zero-order valence-electron chi connectivity index (χ0n) is 6.50. The van der Waals surface area contributed by atoms with Crippen molar-refractivity contribution in [1.29, 1.82) is 0 Å². The number of ether oxygens (including phenoxy) is 1. The standard InChI is InChI=1S/C7H8F2N2O/c1-5-2-10-3-7(11-5)12-4-6(8)9/h2-3,6H,4H2,1H3. The number of hydrogen-bond acceptors (Lipinski definition) is 3. The fourth-order valence-electron chi connectivity index (χ4n) is 0.658. The van der Waals surface area contributed by atoms with Crippen LogP contribution in [-0.2, 0) is 0 Å². The molecule has 0 aliphatic rings. The van der Waals surface area contributed by atoms with Crippen LogP contribution < -0.4 is 4.74 Å². The zero-order chi connectivity index (χ0) is 8.97. The Bertz CT molecular complexity index is 255. The molecular formula is C7H8F2N2O. The lowest BCUT2D eigenvalue weighted by atomic mass is 10.5. The molecule has 0 saturated heterocycles. The summed E-state index contributed by atoms with van der Waals surface area (Å²) in [4.78, 5) is 7.56. The average molecular weight is 174 g/mol. The quantitative estimate of drug-likeness (QED) is 0.695. The van der Waals surface area contributed by atoms with E-state index in [2.05, 4.69) is 14.7 Å². The minimum atomic E-state index is -2.48. The first-order valence-electron chi connectivity index (χ1n) is 3.38. The van der Waals surface area contributed by atoms with Crippen molar-refractivity contribution in [2.45, 2.75) is 13.3 Å². The molecular weight excluding hydrogens is 166 g/mol. The molecule has 0 atom stereocenters. The van der Waals surface area contributed by atoms with Gasteiger partial charge in [-0.1, -0.05) is 0 Å². The van der Waals surface area contributed by atoms with Crippen LogP contribution in [0.1, 0.15) is 5.69 Å². The third-order valence-electron chi connectivity index (χ3n) is 1.09. The van der Waals surface area contributed by atoms with Crippen LogP contribution in [0.5, 0.6) is 5.88 Å². The second-order valence-corrected chi connectivity index (χ2v) is 2.20. The summed E-state index contributed by atoms with van der Waals surface area (Å²) in [5.74, 6) is 0.135. The Kier molecular flexibility index (Phi) is 2.90. The van der Waals surface area contributed by atoms with Gasteiger partial charge in [0.15, 0.2) is 6.61 Å². The number of halogens is 2. The molecule has 3 nitrogen and oxygen atoms in total. The van der Waals surface area contributed by atoms with E-state index in [1.807, 2.05) is 0 Å². The Morgan fingerprint density at radius 1 is 1.50 bits per heavy atom. The molecule has 0 aliphatic carbocycles. The number of aromatic nitrogens is 2. The summed E-state index contributed by atoms with van der Waals surface area (Å²) in [5.41, 5.74) is 0.641. The van der Waals surface area contributed by atoms with Gasteiger partial charge in [-0.25, -0.2) is 13.8 Å². The molecule has 0 amide bonds. The van der Waals surface area contributed by atoms with Gasteiger partial charge in [0, 0.05) is 6.20 Å². The number of aryl methyl sites for hydroxylation is 1. The van der Waals surface area contributed by atoms with Gasteiger partial charge in [0.2, 0.25) is 5.88 Å². The van der Waals surface area contributed by atoms with E-state index >= 15 is 0 Å². The summed E-state index contributed by atoms with van der Waals surface area (Å²) in [6.07, 6.45) is 0.345. The summed E-state index contributed by atoms with van der Waals surface area (Å²) in [7, 11) is 0. The lowest BCUT2D eigenvalue weighted by molar-refractivity contribution is 0.0793. The van der Waals surface area contributed by atoms with Gasteiger partial charge in [0.1, 0.15) is 0 Å². The monoisotopic (exact) mass is 174 g/mol. The maximum absolute atomic E-state index is 11.6. The van der Waals surface area contributed by atoms with Gasteiger partial charge in [0.25, 0.3) is 6.43 Å².